The monoisotopic (exact) mass is 300 g/mol. The Morgan fingerprint density at radius 3 is 1.82 bits per heavy atom. The van der Waals surface area contributed by atoms with E-state index in [0.29, 0.717) is 29.6 Å². The fraction of sp³-hybridized carbons (Fsp3) is 0.556. The molecule has 0 amide bonds. The zero-order chi connectivity index (χ0) is 16.7. The van der Waals surface area contributed by atoms with Crippen molar-refractivity contribution < 1.29 is 9.59 Å². The third kappa shape index (κ3) is 4.49. The Labute approximate surface area is 132 Å². The molecule has 0 bridgehead atoms. The molecule has 0 aromatic heterocycles. The van der Waals surface area contributed by atoms with Crippen LogP contribution in [0.5, 0.6) is 0 Å². The summed E-state index contributed by atoms with van der Waals surface area (Å²) in [6, 6.07) is 2.01. The average molecular weight is 300 g/mol. The molecule has 0 aliphatic rings. The first-order chi connectivity index (χ1) is 10.4. The van der Waals surface area contributed by atoms with Gasteiger partial charge in [-0.2, -0.15) is 9.98 Å². The fourth-order valence-corrected chi connectivity index (χ4v) is 2.68. The van der Waals surface area contributed by atoms with Crippen molar-refractivity contribution in [2.24, 2.45) is 21.8 Å². The summed E-state index contributed by atoms with van der Waals surface area (Å²) < 4.78 is 0. The second-order valence-corrected chi connectivity index (χ2v) is 6.33. The van der Waals surface area contributed by atoms with E-state index in [-0.39, 0.29) is 0 Å². The molecule has 0 radical (unpaired) electrons. The lowest BCUT2D eigenvalue weighted by Gasteiger charge is -2.18. The smallest absolute Gasteiger partial charge is 0.211 e. The lowest BCUT2D eigenvalue weighted by Crippen LogP contribution is -2.03. The van der Waals surface area contributed by atoms with Gasteiger partial charge in [-0.05, 0) is 42.2 Å². The van der Waals surface area contributed by atoms with E-state index in [1.54, 1.807) is 12.2 Å². The Hall–Kier alpha value is -2.02. The standard InChI is InChI=1S/C18H24N2O2/c1-6-14-9-15(7-12(2)3)18(20-11-22)16(8-13(4)5)17(14)19-10-21/h9,12-13H,6-8H2,1-5H3. The van der Waals surface area contributed by atoms with Gasteiger partial charge in [0.25, 0.3) is 0 Å². The van der Waals surface area contributed by atoms with Gasteiger partial charge >= 0.3 is 0 Å². The van der Waals surface area contributed by atoms with E-state index in [1.165, 1.54) is 0 Å². The zero-order valence-electron chi connectivity index (χ0n) is 14.1. The predicted octanol–water partition coefficient (Wildman–Crippen LogP) is 4.58. The van der Waals surface area contributed by atoms with Gasteiger partial charge < -0.3 is 0 Å². The molecule has 118 valence electrons. The van der Waals surface area contributed by atoms with Gasteiger partial charge in [-0.3, -0.25) is 0 Å². The molecule has 22 heavy (non-hydrogen) atoms. The van der Waals surface area contributed by atoms with Crippen molar-refractivity contribution in [3.05, 3.63) is 22.8 Å². The van der Waals surface area contributed by atoms with Crippen molar-refractivity contribution in [1.29, 1.82) is 0 Å². The minimum atomic E-state index is 0.361. The molecular weight excluding hydrogens is 276 g/mol. The van der Waals surface area contributed by atoms with Gasteiger partial charge in [-0.25, -0.2) is 9.59 Å². The van der Waals surface area contributed by atoms with Crippen LogP contribution in [-0.4, -0.2) is 12.2 Å². The van der Waals surface area contributed by atoms with Gasteiger partial charge in [0.15, 0.2) is 0 Å². The Morgan fingerprint density at radius 1 is 0.909 bits per heavy atom. The van der Waals surface area contributed by atoms with Crippen LogP contribution in [0.3, 0.4) is 0 Å². The van der Waals surface area contributed by atoms with Crippen molar-refractivity contribution in [2.45, 2.75) is 53.9 Å². The third-order valence-corrected chi connectivity index (χ3v) is 3.46. The second-order valence-electron chi connectivity index (χ2n) is 6.33. The van der Waals surface area contributed by atoms with Crippen molar-refractivity contribution >= 4 is 23.5 Å². The first-order valence-corrected chi connectivity index (χ1v) is 7.77. The maximum Gasteiger partial charge on any atom is 0.240 e. The van der Waals surface area contributed by atoms with E-state index >= 15 is 0 Å². The molecule has 0 atom stereocenters. The highest BCUT2D eigenvalue weighted by atomic mass is 16.1. The van der Waals surface area contributed by atoms with Crippen molar-refractivity contribution in [3.8, 4) is 0 Å². The molecule has 0 unspecified atom stereocenters. The van der Waals surface area contributed by atoms with Crippen LogP contribution in [0.4, 0.5) is 11.4 Å². The quantitative estimate of drug-likeness (QED) is 0.546. The van der Waals surface area contributed by atoms with Gasteiger partial charge in [0.05, 0.1) is 11.4 Å². The van der Waals surface area contributed by atoms with Gasteiger partial charge in [-0.1, -0.05) is 40.7 Å². The van der Waals surface area contributed by atoms with Crippen LogP contribution in [0, 0.1) is 11.8 Å². The second kappa shape index (κ2) is 8.43. The molecule has 0 heterocycles. The first kappa shape index (κ1) is 18.0. The van der Waals surface area contributed by atoms with Gasteiger partial charge in [0.1, 0.15) is 0 Å². The molecule has 1 rings (SSSR count). The van der Waals surface area contributed by atoms with E-state index in [0.717, 1.165) is 29.5 Å². The fourth-order valence-electron chi connectivity index (χ4n) is 2.68. The number of benzene rings is 1. The van der Waals surface area contributed by atoms with E-state index in [9.17, 15) is 9.59 Å². The minimum absolute atomic E-state index is 0.361. The lowest BCUT2D eigenvalue weighted by molar-refractivity contribution is 0.564. The van der Waals surface area contributed by atoms with Crippen LogP contribution < -0.4 is 0 Å². The average Bonchev–Trinajstić information content (AvgIpc) is 2.43. The number of rotatable bonds is 7. The molecule has 4 heteroatoms. The number of aryl methyl sites for hydroxylation is 1. The maximum absolute atomic E-state index is 10.9. The molecule has 0 saturated carbocycles. The van der Waals surface area contributed by atoms with Crippen LogP contribution in [-0.2, 0) is 28.9 Å². The highest BCUT2D eigenvalue weighted by Gasteiger charge is 2.19. The number of aliphatic imine (C=N–C) groups is 2. The van der Waals surface area contributed by atoms with Crippen LogP contribution in [0.1, 0.15) is 51.3 Å². The molecule has 1 aromatic rings. The Morgan fingerprint density at radius 2 is 1.41 bits per heavy atom. The minimum Gasteiger partial charge on any atom is -0.211 e. The zero-order valence-corrected chi connectivity index (χ0v) is 14.1. The Kier molecular flexibility index (Phi) is 6.91. The summed E-state index contributed by atoms with van der Waals surface area (Å²) in [7, 11) is 0. The largest absolute Gasteiger partial charge is 0.240 e. The first-order valence-electron chi connectivity index (χ1n) is 7.77. The molecule has 0 saturated heterocycles. The molecule has 0 spiro atoms. The lowest BCUT2D eigenvalue weighted by atomic mass is 9.90. The number of nitrogens with zero attached hydrogens (tertiary/aromatic N) is 2. The topological polar surface area (TPSA) is 58.9 Å². The van der Waals surface area contributed by atoms with Gasteiger partial charge in [0.2, 0.25) is 12.2 Å². The molecule has 0 fully saturated rings. The van der Waals surface area contributed by atoms with E-state index in [2.05, 4.69) is 37.7 Å². The summed E-state index contributed by atoms with van der Waals surface area (Å²) in [6.45, 7) is 10.5. The number of isocyanates is 2. The summed E-state index contributed by atoms with van der Waals surface area (Å²) in [5, 5.41) is 0. The summed E-state index contributed by atoms with van der Waals surface area (Å²) in [6.07, 6.45) is 5.59. The predicted molar refractivity (Wildman–Crippen MR) is 88.5 cm³/mol. The van der Waals surface area contributed by atoms with Crippen LogP contribution in [0.15, 0.2) is 16.1 Å². The molecular formula is C18H24N2O2. The van der Waals surface area contributed by atoms with Crippen molar-refractivity contribution in [3.63, 3.8) is 0 Å². The highest BCUT2D eigenvalue weighted by molar-refractivity contribution is 5.72. The number of hydrogen-bond acceptors (Lipinski definition) is 4. The van der Waals surface area contributed by atoms with E-state index < -0.39 is 0 Å². The van der Waals surface area contributed by atoms with Crippen LogP contribution in [0.2, 0.25) is 0 Å². The summed E-state index contributed by atoms with van der Waals surface area (Å²) in [4.78, 5) is 29.5. The molecule has 0 N–H and O–H groups in total. The Bertz CT molecular complexity index is 620. The number of carbonyl (C=O) groups excluding carboxylic acids is 2. The highest BCUT2D eigenvalue weighted by Crippen LogP contribution is 2.38. The molecule has 1 aromatic carbocycles. The molecule has 4 nitrogen and oxygen atoms in total. The normalized spacial score (nSPS) is 10.5. The third-order valence-electron chi connectivity index (χ3n) is 3.46. The SMILES string of the molecule is CCc1cc(CC(C)C)c(N=C=O)c(CC(C)C)c1N=C=O. The van der Waals surface area contributed by atoms with E-state index in [1.807, 2.05) is 13.0 Å². The summed E-state index contributed by atoms with van der Waals surface area (Å²) in [5.41, 5.74) is 4.13. The van der Waals surface area contributed by atoms with Crippen LogP contribution in [0.25, 0.3) is 0 Å². The number of hydrogen-bond donors (Lipinski definition) is 0. The van der Waals surface area contributed by atoms with E-state index in [4.69, 9.17) is 0 Å². The molecule has 0 aliphatic carbocycles. The van der Waals surface area contributed by atoms with Gasteiger partial charge in [0, 0.05) is 5.56 Å². The van der Waals surface area contributed by atoms with Crippen molar-refractivity contribution in [1.82, 2.24) is 0 Å². The molecule has 0 aliphatic heterocycles. The maximum atomic E-state index is 10.9. The van der Waals surface area contributed by atoms with Gasteiger partial charge in [-0.15, -0.1) is 0 Å². The Balaban J connectivity index is 3.73. The summed E-state index contributed by atoms with van der Waals surface area (Å²) >= 11 is 0. The summed E-state index contributed by atoms with van der Waals surface area (Å²) in [5.74, 6) is 0.804. The van der Waals surface area contributed by atoms with Crippen LogP contribution >= 0.6 is 0 Å². The van der Waals surface area contributed by atoms with Crippen molar-refractivity contribution in [2.75, 3.05) is 0 Å².